The fourth-order valence-corrected chi connectivity index (χ4v) is 3.49. The van der Waals surface area contributed by atoms with Crippen molar-refractivity contribution in [1.82, 2.24) is 9.97 Å². The minimum absolute atomic E-state index is 0.205. The molecule has 4 rings (SSSR count). The lowest BCUT2D eigenvalue weighted by Gasteiger charge is -2.14. The van der Waals surface area contributed by atoms with E-state index in [4.69, 9.17) is 4.74 Å². The summed E-state index contributed by atoms with van der Waals surface area (Å²) in [6, 6.07) is 20.7. The number of pyridine rings is 1. The Morgan fingerprint density at radius 3 is 2.53 bits per heavy atom. The number of nitrogens with zero attached hydrogens (tertiary/aromatic N) is 2. The normalized spacial score (nSPS) is 11.5. The summed E-state index contributed by atoms with van der Waals surface area (Å²) in [6.07, 6.45) is 2.88. The number of thiazole rings is 1. The largest absolute Gasteiger partial charge is 0.481 e. The molecule has 0 fully saturated rings. The monoisotopic (exact) mass is 416 g/mol. The molecule has 0 aliphatic carbocycles. The first-order valence-corrected chi connectivity index (χ1v) is 10.3. The standard InChI is InChI=1S/C23H20N4O2S/c1-16(29-20-7-3-2-4-8-20)22(28)25-18-11-9-17(10-12-18)21-15-30-23(27-21)26-19-6-5-13-24-14-19/h2-16H,1H3,(H,25,28)(H,26,27)/t16-/m0/s1. The maximum atomic E-state index is 12.4. The van der Waals surface area contributed by atoms with Crippen LogP contribution in [0.5, 0.6) is 5.75 Å². The van der Waals surface area contributed by atoms with E-state index in [2.05, 4.69) is 20.6 Å². The lowest BCUT2D eigenvalue weighted by atomic mass is 10.1. The molecule has 0 spiro atoms. The second kappa shape index (κ2) is 9.19. The number of aromatic nitrogens is 2. The molecule has 7 heteroatoms. The minimum atomic E-state index is -0.605. The molecule has 2 aromatic heterocycles. The average Bonchev–Trinajstić information content (AvgIpc) is 3.24. The quantitative estimate of drug-likeness (QED) is 0.424. The first-order chi connectivity index (χ1) is 14.7. The van der Waals surface area contributed by atoms with E-state index >= 15 is 0 Å². The van der Waals surface area contributed by atoms with Crippen molar-refractivity contribution in [1.29, 1.82) is 0 Å². The predicted octanol–water partition coefficient (Wildman–Crippen LogP) is 5.35. The highest BCUT2D eigenvalue weighted by atomic mass is 32.1. The number of benzene rings is 2. The molecule has 0 aliphatic heterocycles. The van der Waals surface area contributed by atoms with E-state index in [0.717, 1.165) is 22.1 Å². The van der Waals surface area contributed by atoms with E-state index in [0.29, 0.717) is 11.4 Å². The molecule has 150 valence electrons. The van der Waals surface area contributed by atoms with E-state index in [1.54, 1.807) is 19.3 Å². The SMILES string of the molecule is C[C@H](Oc1ccccc1)C(=O)Nc1ccc(-c2csc(Nc3cccnc3)n2)cc1. The summed E-state index contributed by atoms with van der Waals surface area (Å²) in [5.41, 5.74) is 3.43. The molecule has 0 bridgehead atoms. The number of nitrogens with one attached hydrogen (secondary N) is 2. The van der Waals surface area contributed by atoms with Crippen molar-refractivity contribution < 1.29 is 9.53 Å². The maximum Gasteiger partial charge on any atom is 0.265 e. The van der Waals surface area contributed by atoms with Crippen LogP contribution in [0.2, 0.25) is 0 Å². The van der Waals surface area contributed by atoms with Gasteiger partial charge in [-0.1, -0.05) is 30.3 Å². The van der Waals surface area contributed by atoms with Crippen molar-refractivity contribution in [2.75, 3.05) is 10.6 Å². The van der Waals surface area contributed by atoms with Gasteiger partial charge in [0, 0.05) is 22.8 Å². The molecule has 1 atom stereocenters. The Morgan fingerprint density at radius 1 is 1.00 bits per heavy atom. The highest BCUT2D eigenvalue weighted by Crippen LogP contribution is 2.27. The van der Waals surface area contributed by atoms with Gasteiger partial charge in [-0.2, -0.15) is 0 Å². The average molecular weight is 417 g/mol. The summed E-state index contributed by atoms with van der Waals surface area (Å²) in [6.45, 7) is 1.72. The van der Waals surface area contributed by atoms with Gasteiger partial charge in [-0.25, -0.2) is 4.98 Å². The molecule has 0 saturated carbocycles. The molecular formula is C23H20N4O2S. The molecule has 2 heterocycles. The predicted molar refractivity (Wildman–Crippen MR) is 120 cm³/mol. The summed E-state index contributed by atoms with van der Waals surface area (Å²) in [5.74, 6) is 0.456. The molecule has 1 amide bonds. The van der Waals surface area contributed by atoms with Gasteiger partial charge in [0.05, 0.1) is 17.6 Å². The molecule has 6 nitrogen and oxygen atoms in total. The molecule has 0 saturated heterocycles. The summed E-state index contributed by atoms with van der Waals surface area (Å²) in [4.78, 5) is 21.1. The topological polar surface area (TPSA) is 76.1 Å². The lowest BCUT2D eigenvalue weighted by Crippen LogP contribution is -2.30. The van der Waals surface area contributed by atoms with Crippen LogP contribution in [-0.4, -0.2) is 22.0 Å². The van der Waals surface area contributed by atoms with E-state index in [1.807, 2.05) is 72.1 Å². The molecule has 2 aromatic carbocycles. The smallest absolute Gasteiger partial charge is 0.265 e. The number of rotatable bonds is 7. The van der Waals surface area contributed by atoms with Crippen molar-refractivity contribution in [3.05, 3.63) is 84.5 Å². The van der Waals surface area contributed by atoms with Crippen LogP contribution >= 0.6 is 11.3 Å². The van der Waals surface area contributed by atoms with Crippen LogP contribution in [0, 0.1) is 0 Å². The molecule has 0 aliphatic rings. The van der Waals surface area contributed by atoms with Gasteiger partial charge in [-0.05, 0) is 43.3 Å². The number of amides is 1. The molecule has 0 radical (unpaired) electrons. The van der Waals surface area contributed by atoms with Gasteiger partial charge in [0.1, 0.15) is 5.75 Å². The fourth-order valence-electron chi connectivity index (χ4n) is 2.75. The van der Waals surface area contributed by atoms with Crippen LogP contribution in [0.15, 0.2) is 84.5 Å². The zero-order valence-corrected chi connectivity index (χ0v) is 17.1. The third-order valence-corrected chi connectivity index (χ3v) is 5.05. The first kappa shape index (κ1) is 19.6. The van der Waals surface area contributed by atoms with E-state index in [9.17, 15) is 4.79 Å². The maximum absolute atomic E-state index is 12.4. The summed E-state index contributed by atoms with van der Waals surface area (Å²) in [5, 5.41) is 8.90. The number of hydrogen-bond donors (Lipinski definition) is 2. The second-order valence-electron chi connectivity index (χ2n) is 6.54. The van der Waals surface area contributed by atoms with Crippen LogP contribution in [-0.2, 0) is 4.79 Å². The summed E-state index contributed by atoms with van der Waals surface area (Å²) < 4.78 is 5.66. The highest BCUT2D eigenvalue weighted by molar-refractivity contribution is 7.14. The van der Waals surface area contributed by atoms with Crippen molar-refractivity contribution >= 4 is 33.8 Å². The van der Waals surface area contributed by atoms with Crippen LogP contribution in [0.3, 0.4) is 0 Å². The Bertz CT molecular complexity index is 1100. The van der Waals surface area contributed by atoms with Crippen molar-refractivity contribution in [2.45, 2.75) is 13.0 Å². The van der Waals surface area contributed by atoms with Gasteiger partial charge in [-0.3, -0.25) is 9.78 Å². The Labute approximate surface area is 178 Å². The number of para-hydroxylation sites is 1. The lowest BCUT2D eigenvalue weighted by molar-refractivity contribution is -0.122. The number of carbonyl (C=O) groups excluding carboxylic acids is 1. The second-order valence-corrected chi connectivity index (χ2v) is 7.40. The number of carbonyl (C=O) groups is 1. The summed E-state index contributed by atoms with van der Waals surface area (Å²) in [7, 11) is 0. The Kier molecular flexibility index (Phi) is 6.01. The van der Waals surface area contributed by atoms with Gasteiger partial charge in [-0.15, -0.1) is 11.3 Å². The zero-order chi connectivity index (χ0) is 20.8. The van der Waals surface area contributed by atoms with Gasteiger partial charge in [0.2, 0.25) is 0 Å². The minimum Gasteiger partial charge on any atom is -0.481 e. The molecule has 30 heavy (non-hydrogen) atoms. The van der Waals surface area contributed by atoms with Crippen molar-refractivity contribution in [3.8, 4) is 17.0 Å². The molecule has 2 N–H and O–H groups in total. The Balaban J connectivity index is 1.36. The van der Waals surface area contributed by atoms with Crippen molar-refractivity contribution in [2.24, 2.45) is 0 Å². The zero-order valence-electron chi connectivity index (χ0n) is 16.3. The van der Waals surface area contributed by atoms with Gasteiger partial charge < -0.3 is 15.4 Å². The summed E-state index contributed by atoms with van der Waals surface area (Å²) >= 11 is 1.52. The van der Waals surface area contributed by atoms with Crippen LogP contribution in [0.25, 0.3) is 11.3 Å². The third kappa shape index (κ3) is 5.01. The Morgan fingerprint density at radius 2 is 1.80 bits per heavy atom. The van der Waals surface area contributed by atoms with Gasteiger partial charge in [0.15, 0.2) is 11.2 Å². The number of hydrogen-bond acceptors (Lipinski definition) is 6. The van der Waals surface area contributed by atoms with Crippen LogP contribution in [0.4, 0.5) is 16.5 Å². The van der Waals surface area contributed by atoms with Crippen molar-refractivity contribution in [3.63, 3.8) is 0 Å². The fraction of sp³-hybridized carbons (Fsp3) is 0.0870. The van der Waals surface area contributed by atoms with Gasteiger partial charge in [0.25, 0.3) is 5.91 Å². The molecular weight excluding hydrogens is 396 g/mol. The van der Waals surface area contributed by atoms with E-state index in [1.165, 1.54) is 11.3 Å². The molecule has 0 unspecified atom stereocenters. The van der Waals surface area contributed by atoms with E-state index < -0.39 is 6.10 Å². The third-order valence-electron chi connectivity index (χ3n) is 4.29. The van der Waals surface area contributed by atoms with Crippen LogP contribution in [0.1, 0.15) is 6.92 Å². The molecule has 4 aromatic rings. The van der Waals surface area contributed by atoms with E-state index in [-0.39, 0.29) is 5.91 Å². The number of anilines is 3. The first-order valence-electron chi connectivity index (χ1n) is 9.43. The van der Waals surface area contributed by atoms with Crippen LogP contribution < -0.4 is 15.4 Å². The number of ether oxygens (including phenoxy) is 1. The Hall–Kier alpha value is -3.71. The highest BCUT2D eigenvalue weighted by Gasteiger charge is 2.15. The van der Waals surface area contributed by atoms with Gasteiger partial charge >= 0.3 is 0 Å².